The summed E-state index contributed by atoms with van der Waals surface area (Å²) in [5.41, 5.74) is 1.12. The number of pyridine rings is 1. The van der Waals surface area contributed by atoms with E-state index in [0.29, 0.717) is 6.04 Å². The van der Waals surface area contributed by atoms with Crippen LogP contribution in [0.4, 0.5) is 0 Å². The molecule has 1 aliphatic rings. The third kappa shape index (κ3) is 4.77. The summed E-state index contributed by atoms with van der Waals surface area (Å²) in [6.45, 7) is 5.86. The third-order valence-corrected chi connectivity index (χ3v) is 4.02. The quantitative estimate of drug-likeness (QED) is 0.824. The van der Waals surface area contributed by atoms with Crippen molar-refractivity contribution in [2.45, 2.75) is 52.1 Å². The maximum Gasteiger partial charge on any atom is 0.217 e. The van der Waals surface area contributed by atoms with Gasteiger partial charge in [-0.2, -0.15) is 0 Å². The van der Waals surface area contributed by atoms with Crippen LogP contribution in [0.3, 0.4) is 0 Å². The normalized spacial score (nSPS) is 15.6. The lowest BCUT2D eigenvalue weighted by molar-refractivity contribution is 0.215. The third-order valence-electron chi connectivity index (χ3n) is 3.58. The van der Waals surface area contributed by atoms with E-state index in [1.165, 1.54) is 19.3 Å². The lowest BCUT2D eigenvalue weighted by atomic mass is 9.83. The Morgan fingerprint density at radius 2 is 2.26 bits per heavy atom. The summed E-state index contributed by atoms with van der Waals surface area (Å²) < 4.78 is 6.86. The number of halogens is 1. The van der Waals surface area contributed by atoms with Crippen LogP contribution in [0.25, 0.3) is 0 Å². The van der Waals surface area contributed by atoms with E-state index < -0.39 is 0 Å². The number of hydrogen-bond acceptors (Lipinski definition) is 3. The first kappa shape index (κ1) is 14.8. The van der Waals surface area contributed by atoms with Crippen LogP contribution >= 0.6 is 15.9 Å². The molecule has 1 fully saturated rings. The van der Waals surface area contributed by atoms with E-state index in [1.54, 1.807) is 6.20 Å². The zero-order chi connectivity index (χ0) is 13.7. The van der Waals surface area contributed by atoms with Crippen LogP contribution in [0.5, 0.6) is 5.88 Å². The Labute approximate surface area is 124 Å². The predicted octanol–water partition coefficient (Wildman–Crippen LogP) is 3.91. The van der Waals surface area contributed by atoms with E-state index in [1.807, 2.05) is 0 Å². The fourth-order valence-corrected chi connectivity index (χ4v) is 2.52. The van der Waals surface area contributed by atoms with Crippen molar-refractivity contribution in [3.63, 3.8) is 0 Å². The number of hydrogen-bond donors (Lipinski definition) is 1. The van der Waals surface area contributed by atoms with E-state index in [0.717, 1.165) is 41.4 Å². The molecule has 1 aromatic heterocycles. The van der Waals surface area contributed by atoms with E-state index in [2.05, 4.69) is 46.1 Å². The molecule has 19 heavy (non-hydrogen) atoms. The van der Waals surface area contributed by atoms with Gasteiger partial charge in [-0.25, -0.2) is 4.98 Å². The van der Waals surface area contributed by atoms with Gasteiger partial charge in [0, 0.05) is 28.8 Å². The fourth-order valence-electron chi connectivity index (χ4n) is 2.14. The number of ether oxygens (including phenoxy) is 1. The van der Waals surface area contributed by atoms with Crippen molar-refractivity contribution < 1.29 is 4.74 Å². The highest BCUT2D eigenvalue weighted by Crippen LogP contribution is 2.29. The molecule has 1 aliphatic carbocycles. The Balaban J connectivity index is 1.89. The van der Waals surface area contributed by atoms with Crippen LogP contribution in [0.15, 0.2) is 16.7 Å². The number of rotatable bonds is 7. The summed E-state index contributed by atoms with van der Waals surface area (Å²) in [6.07, 6.45) is 7.11. The van der Waals surface area contributed by atoms with Crippen LogP contribution in [-0.2, 0) is 6.54 Å². The molecule has 106 valence electrons. The lowest BCUT2D eigenvalue weighted by Crippen LogP contribution is -2.22. The zero-order valence-electron chi connectivity index (χ0n) is 11.8. The fraction of sp³-hybridized carbons (Fsp3) is 0.667. The van der Waals surface area contributed by atoms with Gasteiger partial charge < -0.3 is 10.1 Å². The standard InChI is InChI=1S/C15H23BrN2O/c1-11(2)17-9-13-8-14(16)10-18-15(13)19-7-6-12-4-3-5-12/h8,10-12,17H,3-7,9H2,1-2H3. The van der Waals surface area contributed by atoms with Crippen molar-refractivity contribution in [1.29, 1.82) is 0 Å². The van der Waals surface area contributed by atoms with Gasteiger partial charge in [-0.15, -0.1) is 0 Å². The Bertz CT molecular complexity index is 405. The molecule has 1 N–H and O–H groups in total. The molecule has 2 rings (SSSR count). The maximum absolute atomic E-state index is 5.86. The monoisotopic (exact) mass is 326 g/mol. The highest BCUT2D eigenvalue weighted by Gasteiger charge is 2.17. The largest absolute Gasteiger partial charge is 0.477 e. The molecule has 0 aliphatic heterocycles. The number of nitrogens with one attached hydrogen (secondary N) is 1. The lowest BCUT2D eigenvalue weighted by Gasteiger charge is -2.25. The van der Waals surface area contributed by atoms with Crippen molar-refractivity contribution in [2.75, 3.05) is 6.61 Å². The summed E-state index contributed by atoms with van der Waals surface area (Å²) in [6, 6.07) is 2.54. The van der Waals surface area contributed by atoms with E-state index in [-0.39, 0.29) is 0 Å². The predicted molar refractivity (Wildman–Crippen MR) is 81.4 cm³/mol. The molecule has 0 saturated heterocycles. The van der Waals surface area contributed by atoms with Crippen molar-refractivity contribution in [2.24, 2.45) is 5.92 Å². The molecule has 1 saturated carbocycles. The Hall–Kier alpha value is -0.610. The second-order valence-corrected chi connectivity index (χ2v) is 6.50. The van der Waals surface area contributed by atoms with Crippen LogP contribution < -0.4 is 10.1 Å². The van der Waals surface area contributed by atoms with Crippen molar-refractivity contribution >= 4 is 15.9 Å². The summed E-state index contributed by atoms with van der Waals surface area (Å²) in [5, 5.41) is 3.41. The molecule has 4 heteroatoms. The van der Waals surface area contributed by atoms with Gasteiger partial charge in [0.1, 0.15) is 0 Å². The summed E-state index contributed by atoms with van der Waals surface area (Å²) in [4.78, 5) is 4.39. The average Bonchev–Trinajstić information content (AvgIpc) is 2.31. The Kier molecular flexibility index (Phi) is 5.64. The minimum atomic E-state index is 0.460. The average molecular weight is 327 g/mol. The first-order valence-electron chi connectivity index (χ1n) is 7.15. The summed E-state index contributed by atoms with van der Waals surface area (Å²) >= 11 is 3.47. The smallest absolute Gasteiger partial charge is 0.217 e. The molecule has 0 amide bonds. The van der Waals surface area contributed by atoms with E-state index in [4.69, 9.17) is 4.74 Å². The van der Waals surface area contributed by atoms with Crippen molar-refractivity contribution in [1.82, 2.24) is 10.3 Å². The summed E-state index contributed by atoms with van der Waals surface area (Å²) in [5.74, 6) is 1.66. The van der Waals surface area contributed by atoms with E-state index in [9.17, 15) is 0 Å². The molecule has 0 atom stereocenters. The molecule has 0 radical (unpaired) electrons. The molecule has 3 nitrogen and oxygen atoms in total. The highest BCUT2D eigenvalue weighted by atomic mass is 79.9. The van der Waals surface area contributed by atoms with Gasteiger partial charge in [-0.3, -0.25) is 0 Å². The summed E-state index contributed by atoms with van der Waals surface area (Å²) in [7, 11) is 0. The highest BCUT2D eigenvalue weighted by molar-refractivity contribution is 9.10. The van der Waals surface area contributed by atoms with Crippen LogP contribution in [0.1, 0.15) is 45.1 Å². The Morgan fingerprint density at radius 1 is 1.47 bits per heavy atom. The first-order chi connectivity index (χ1) is 9.15. The Morgan fingerprint density at radius 3 is 2.89 bits per heavy atom. The molecular weight excluding hydrogens is 304 g/mol. The molecule has 0 unspecified atom stereocenters. The van der Waals surface area contributed by atoms with Gasteiger partial charge in [-0.1, -0.05) is 33.1 Å². The molecule has 0 spiro atoms. The molecule has 1 heterocycles. The van der Waals surface area contributed by atoms with Crippen molar-refractivity contribution in [3.8, 4) is 5.88 Å². The van der Waals surface area contributed by atoms with Gasteiger partial charge in [-0.05, 0) is 34.3 Å². The van der Waals surface area contributed by atoms with Gasteiger partial charge >= 0.3 is 0 Å². The number of nitrogens with zero attached hydrogens (tertiary/aromatic N) is 1. The van der Waals surface area contributed by atoms with Gasteiger partial charge in [0.2, 0.25) is 5.88 Å². The molecule has 0 bridgehead atoms. The van der Waals surface area contributed by atoms with Gasteiger partial charge in [0.05, 0.1) is 6.61 Å². The van der Waals surface area contributed by atoms with Gasteiger partial charge in [0.15, 0.2) is 0 Å². The zero-order valence-corrected chi connectivity index (χ0v) is 13.4. The topological polar surface area (TPSA) is 34.2 Å². The maximum atomic E-state index is 5.86. The second-order valence-electron chi connectivity index (χ2n) is 5.59. The molecule has 0 aromatic carbocycles. The van der Waals surface area contributed by atoms with E-state index >= 15 is 0 Å². The minimum absolute atomic E-state index is 0.460. The number of aromatic nitrogens is 1. The first-order valence-corrected chi connectivity index (χ1v) is 7.95. The molecule has 1 aromatic rings. The molecular formula is C15H23BrN2O. The van der Waals surface area contributed by atoms with Crippen LogP contribution in [0, 0.1) is 5.92 Å². The van der Waals surface area contributed by atoms with Crippen LogP contribution in [0.2, 0.25) is 0 Å². The van der Waals surface area contributed by atoms with Gasteiger partial charge in [0.25, 0.3) is 0 Å². The minimum Gasteiger partial charge on any atom is -0.477 e. The van der Waals surface area contributed by atoms with Crippen LogP contribution in [-0.4, -0.2) is 17.6 Å². The SMILES string of the molecule is CC(C)NCc1cc(Br)cnc1OCCC1CCC1. The van der Waals surface area contributed by atoms with Crippen molar-refractivity contribution in [3.05, 3.63) is 22.3 Å². The second kappa shape index (κ2) is 7.25.